The number of carbonyl (C=O) groups excluding carboxylic acids is 1. The van der Waals surface area contributed by atoms with Crippen molar-refractivity contribution in [1.29, 1.82) is 0 Å². The molecular weight excluding hydrogens is 402 g/mol. The standard InChI is InChI=1S/C26H27N3O3/c1-3-31-23-14-13-19(17-24(23)32-4-2)26(30)27-20-9-7-8-18(16-20)12-15-25-28-21-10-5-6-11-22(21)29-25/h5-11,13-14,16-17H,3-4,12,15H2,1-2H3,(H,27,30)(H,28,29). The van der Waals surface area contributed by atoms with Crippen LogP contribution in [0.1, 0.15) is 35.6 Å². The number of aromatic amines is 1. The summed E-state index contributed by atoms with van der Waals surface area (Å²) in [6, 6.07) is 21.1. The summed E-state index contributed by atoms with van der Waals surface area (Å²) in [6.45, 7) is 4.85. The second-order valence-electron chi connectivity index (χ2n) is 7.38. The number of imidazole rings is 1. The monoisotopic (exact) mass is 429 g/mol. The molecule has 0 saturated heterocycles. The minimum absolute atomic E-state index is 0.191. The average Bonchev–Trinajstić information content (AvgIpc) is 3.22. The first-order valence-corrected chi connectivity index (χ1v) is 10.9. The number of amides is 1. The molecule has 6 nitrogen and oxygen atoms in total. The van der Waals surface area contributed by atoms with Crippen LogP contribution in [0.2, 0.25) is 0 Å². The second-order valence-corrected chi connectivity index (χ2v) is 7.38. The first-order chi connectivity index (χ1) is 15.7. The lowest BCUT2D eigenvalue weighted by Gasteiger charge is -2.13. The van der Waals surface area contributed by atoms with E-state index in [1.807, 2.05) is 56.3 Å². The normalized spacial score (nSPS) is 10.8. The van der Waals surface area contributed by atoms with Crippen LogP contribution in [0, 0.1) is 0 Å². The molecule has 32 heavy (non-hydrogen) atoms. The number of hydrogen-bond donors (Lipinski definition) is 2. The van der Waals surface area contributed by atoms with Gasteiger partial charge in [0.1, 0.15) is 5.82 Å². The molecule has 0 spiro atoms. The van der Waals surface area contributed by atoms with Crippen LogP contribution in [-0.2, 0) is 12.8 Å². The van der Waals surface area contributed by atoms with Crippen LogP contribution in [0.5, 0.6) is 11.5 Å². The van der Waals surface area contributed by atoms with Gasteiger partial charge in [0.05, 0.1) is 24.2 Å². The fraction of sp³-hybridized carbons (Fsp3) is 0.231. The summed E-state index contributed by atoms with van der Waals surface area (Å²) < 4.78 is 11.2. The summed E-state index contributed by atoms with van der Waals surface area (Å²) in [6.07, 6.45) is 1.61. The summed E-state index contributed by atoms with van der Waals surface area (Å²) in [7, 11) is 0. The summed E-state index contributed by atoms with van der Waals surface area (Å²) in [4.78, 5) is 20.8. The van der Waals surface area contributed by atoms with E-state index in [4.69, 9.17) is 9.47 Å². The lowest BCUT2D eigenvalue weighted by Crippen LogP contribution is -2.12. The van der Waals surface area contributed by atoms with Crippen molar-refractivity contribution in [3.8, 4) is 11.5 Å². The molecule has 0 fully saturated rings. The number of anilines is 1. The molecule has 0 aliphatic carbocycles. The van der Waals surface area contributed by atoms with Crippen LogP contribution in [0.4, 0.5) is 5.69 Å². The first kappa shape index (κ1) is 21.4. The molecule has 1 amide bonds. The number of rotatable bonds is 9. The zero-order chi connectivity index (χ0) is 22.3. The minimum Gasteiger partial charge on any atom is -0.490 e. The average molecular weight is 430 g/mol. The van der Waals surface area contributed by atoms with Crippen molar-refractivity contribution in [3.63, 3.8) is 0 Å². The molecule has 0 atom stereocenters. The van der Waals surface area contributed by atoms with Crippen molar-refractivity contribution >= 4 is 22.6 Å². The van der Waals surface area contributed by atoms with Crippen molar-refractivity contribution < 1.29 is 14.3 Å². The molecule has 4 rings (SSSR count). The number of benzene rings is 3. The first-order valence-electron chi connectivity index (χ1n) is 10.9. The van der Waals surface area contributed by atoms with Crippen LogP contribution < -0.4 is 14.8 Å². The Bertz CT molecular complexity index is 1180. The smallest absolute Gasteiger partial charge is 0.255 e. The van der Waals surface area contributed by atoms with E-state index in [1.165, 1.54) is 0 Å². The number of carbonyl (C=O) groups is 1. The highest BCUT2D eigenvalue weighted by atomic mass is 16.5. The van der Waals surface area contributed by atoms with E-state index < -0.39 is 0 Å². The van der Waals surface area contributed by atoms with E-state index >= 15 is 0 Å². The molecular formula is C26H27N3O3. The van der Waals surface area contributed by atoms with Gasteiger partial charge in [-0.3, -0.25) is 4.79 Å². The second kappa shape index (κ2) is 10.0. The van der Waals surface area contributed by atoms with E-state index in [9.17, 15) is 4.79 Å². The third kappa shape index (κ3) is 5.09. The van der Waals surface area contributed by atoms with Crippen molar-refractivity contribution in [2.45, 2.75) is 26.7 Å². The maximum absolute atomic E-state index is 12.8. The van der Waals surface area contributed by atoms with Crippen LogP contribution in [0.3, 0.4) is 0 Å². The summed E-state index contributed by atoms with van der Waals surface area (Å²) in [5.41, 5.74) is 4.43. The van der Waals surface area contributed by atoms with E-state index in [0.29, 0.717) is 30.3 Å². The fourth-order valence-electron chi connectivity index (χ4n) is 3.59. The Labute approximate surface area is 187 Å². The zero-order valence-corrected chi connectivity index (χ0v) is 18.4. The van der Waals surface area contributed by atoms with E-state index in [-0.39, 0.29) is 5.91 Å². The molecule has 0 unspecified atom stereocenters. The Morgan fingerprint density at radius 2 is 1.72 bits per heavy atom. The third-order valence-corrected chi connectivity index (χ3v) is 5.08. The van der Waals surface area contributed by atoms with Crippen molar-refractivity contribution in [3.05, 3.63) is 83.7 Å². The predicted octanol–water partition coefficient (Wildman–Crippen LogP) is 5.40. The third-order valence-electron chi connectivity index (χ3n) is 5.08. The Morgan fingerprint density at radius 3 is 2.53 bits per heavy atom. The van der Waals surface area contributed by atoms with Gasteiger partial charge < -0.3 is 19.8 Å². The lowest BCUT2D eigenvalue weighted by molar-refractivity contribution is 0.102. The zero-order valence-electron chi connectivity index (χ0n) is 18.4. The van der Waals surface area contributed by atoms with Gasteiger partial charge in [0, 0.05) is 17.7 Å². The van der Waals surface area contributed by atoms with Gasteiger partial charge in [0.15, 0.2) is 11.5 Å². The van der Waals surface area contributed by atoms with E-state index in [2.05, 4.69) is 21.4 Å². The van der Waals surface area contributed by atoms with E-state index in [1.54, 1.807) is 18.2 Å². The molecule has 0 radical (unpaired) electrons. The summed E-state index contributed by atoms with van der Waals surface area (Å²) in [5, 5.41) is 2.98. The number of aromatic nitrogens is 2. The highest BCUT2D eigenvalue weighted by Crippen LogP contribution is 2.29. The van der Waals surface area contributed by atoms with E-state index in [0.717, 1.165) is 41.0 Å². The SMILES string of the molecule is CCOc1ccc(C(=O)Nc2cccc(CCc3nc4ccccc4[nH]3)c2)cc1OCC. The number of nitrogens with one attached hydrogen (secondary N) is 2. The molecule has 1 aromatic heterocycles. The Morgan fingerprint density at radius 1 is 0.906 bits per heavy atom. The molecule has 4 aromatic rings. The van der Waals surface area contributed by atoms with Crippen LogP contribution in [-0.4, -0.2) is 29.1 Å². The van der Waals surface area contributed by atoms with Gasteiger partial charge in [0.2, 0.25) is 0 Å². The van der Waals surface area contributed by atoms with Crippen LogP contribution >= 0.6 is 0 Å². The molecule has 6 heteroatoms. The lowest BCUT2D eigenvalue weighted by atomic mass is 10.1. The Kier molecular flexibility index (Phi) is 6.70. The van der Waals surface area contributed by atoms with Crippen LogP contribution in [0.25, 0.3) is 11.0 Å². The van der Waals surface area contributed by atoms with Crippen LogP contribution in [0.15, 0.2) is 66.7 Å². The molecule has 1 heterocycles. The molecule has 0 saturated carbocycles. The largest absolute Gasteiger partial charge is 0.490 e. The minimum atomic E-state index is -0.191. The maximum Gasteiger partial charge on any atom is 0.255 e. The fourth-order valence-corrected chi connectivity index (χ4v) is 3.59. The predicted molar refractivity (Wildman–Crippen MR) is 127 cm³/mol. The van der Waals surface area contributed by atoms with Gasteiger partial charge in [-0.1, -0.05) is 24.3 Å². The van der Waals surface area contributed by atoms with Crippen molar-refractivity contribution in [2.75, 3.05) is 18.5 Å². The molecule has 0 bridgehead atoms. The number of nitrogens with zero attached hydrogens (tertiary/aromatic N) is 1. The molecule has 2 N–H and O–H groups in total. The van der Waals surface area contributed by atoms with Gasteiger partial charge >= 0.3 is 0 Å². The topological polar surface area (TPSA) is 76.2 Å². The van der Waals surface area contributed by atoms with Gasteiger partial charge in [-0.2, -0.15) is 0 Å². The summed E-state index contributed by atoms with van der Waals surface area (Å²) >= 11 is 0. The number of hydrogen-bond acceptors (Lipinski definition) is 4. The highest BCUT2D eigenvalue weighted by Gasteiger charge is 2.12. The Balaban J connectivity index is 1.42. The molecule has 164 valence electrons. The summed E-state index contributed by atoms with van der Waals surface area (Å²) in [5.74, 6) is 1.97. The molecule has 0 aliphatic heterocycles. The van der Waals surface area contributed by atoms with Gasteiger partial charge in [-0.05, 0) is 68.3 Å². The number of fused-ring (bicyclic) bond motifs is 1. The number of para-hydroxylation sites is 2. The highest BCUT2D eigenvalue weighted by molar-refractivity contribution is 6.04. The van der Waals surface area contributed by atoms with Crippen molar-refractivity contribution in [2.24, 2.45) is 0 Å². The van der Waals surface area contributed by atoms with Gasteiger partial charge in [0.25, 0.3) is 5.91 Å². The number of ether oxygens (including phenoxy) is 2. The maximum atomic E-state index is 12.8. The molecule has 3 aromatic carbocycles. The van der Waals surface area contributed by atoms with Gasteiger partial charge in [-0.15, -0.1) is 0 Å². The molecule has 0 aliphatic rings. The van der Waals surface area contributed by atoms with Gasteiger partial charge in [-0.25, -0.2) is 4.98 Å². The van der Waals surface area contributed by atoms with Crippen molar-refractivity contribution in [1.82, 2.24) is 9.97 Å². The quantitative estimate of drug-likeness (QED) is 0.374. The number of H-pyrrole nitrogens is 1. The Hall–Kier alpha value is -3.80. The number of aryl methyl sites for hydroxylation is 2.